The van der Waals surface area contributed by atoms with Crippen LogP contribution in [0.1, 0.15) is 13.8 Å². The maximum absolute atomic E-state index is 5.98. The largest absolute Gasteiger partial charge is 0.399 e. The summed E-state index contributed by atoms with van der Waals surface area (Å²) in [6, 6.07) is 14.5. The van der Waals surface area contributed by atoms with Gasteiger partial charge in [-0.2, -0.15) is 5.10 Å². The van der Waals surface area contributed by atoms with Crippen LogP contribution in [0.5, 0.6) is 0 Å². The summed E-state index contributed by atoms with van der Waals surface area (Å²) in [6.07, 6.45) is 3.47. The van der Waals surface area contributed by atoms with Crippen LogP contribution in [0.25, 0.3) is 31.4 Å². The molecular formula is C22H26N4S. The van der Waals surface area contributed by atoms with E-state index >= 15 is 0 Å². The molecule has 4 N–H and O–H groups in total. The molecule has 2 heterocycles. The number of aromatic nitrogens is 2. The number of thiophene rings is 1. The molecule has 0 aliphatic heterocycles. The molecule has 4 rings (SSSR count). The zero-order valence-electron chi connectivity index (χ0n) is 16.0. The average Bonchev–Trinajstić information content (AvgIpc) is 3.35. The number of nitrogens with one attached hydrogen (secondary N) is 2. The van der Waals surface area contributed by atoms with E-state index in [-0.39, 0.29) is 0 Å². The lowest BCUT2D eigenvalue weighted by atomic mass is 10.1. The van der Waals surface area contributed by atoms with Crippen molar-refractivity contribution < 1.29 is 0 Å². The fraction of sp³-hybridized carbons (Fsp3) is 0.136. The highest BCUT2D eigenvalue weighted by Gasteiger charge is 2.10. The molecule has 0 bridgehead atoms. The molecule has 0 aliphatic carbocycles. The maximum Gasteiger partial charge on any atom is 0.0738 e. The normalized spacial score (nSPS) is 9.74. The molecule has 4 nitrogen and oxygen atoms in total. The standard InChI is InChI=1S/C15H11N3S.C5H9N.C2H6/c16-11-5-10-8-17-18-15(10)12(7-11)14-6-9-3-1-2-4-13(9)19-14;1-4-5(2)6-3;1-2/h1-8H,16H2,(H,17,18);4,6H,1-2H2,3H3;1-2H3. The van der Waals surface area contributed by atoms with Crippen molar-refractivity contribution in [2.24, 2.45) is 0 Å². The Morgan fingerprint density at radius 3 is 2.56 bits per heavy atom. The van der Waals surface area contributed by atoms with Gasteiger partial charge in [-0.15, -0.1) is 11.3 Å². The van der Waals surface area contributed by atoms with Crippen molar-refractivity contribution in [3.05, 3.63) is 73.6 Å². The Morgan fingerprint density at radius 1 is 1.19 bits per heavy atom. The number of rotatable bonds is 3. The maximum atomic E-state index is 5.98. The lowest BCUT2D eigenvalue weighted by molar-refractivity contribution is 1.04. The first kappa shape index (κ1) is 20.3. The molecule has 4 aromatic rings. The number of nitrogens with two attached hydrogens (primary N) is 1. The van der Waals surface area contributed by atoms with Gasteiger partial charge in [0.05, 0.1) is 11.7 Å². The van der Waals surface area contributed by atoms with Gasteiger partial charge in [0.1, 0.15) is 0 Å². The Bertz CT molecular complexity index is 1010. The van der Waals surface area contributed by atoms with Gasteiger partial charge in [0.2, 0.25) is 0 Å². The molecule has 5 heteroatoms. The van der Waals surface area contributed by atoms with Crippen LogP contribution < -0.4 is 11.1 Å². The smallest absolute Gasteiger partial charge is 0.0738 e. The Labute approximate surface area is 164 Å². The zero-order valence-corrected chi connectivity index (χ0v) is 16.9. The molecule has 0 spiro atoms. The van der Waals surface area contributed by atoms with Gasteiger partial charge < -0.3 is 11.1 Å². The Balaban J connectivity index is 0.000000283. The van der Waals surface area contributed by atoms with Gasteiger partial charge in [-0.3, -0.25) is 5.10 Å². The van der Waals surface area contributed by atoms with E-state index in [0.717, 1.165) is 27.9 Å². The minimum Gasteiger partial charge on any atom is -0.399 e. The highest BCUT2D eigenvalue weighted by atomic mass is 32.1. The van der Waals surface area contributed by atoms with Crippen LogP contribution in [0, 0.1) is 0 Å². The lowest BCUT2D eigenvalue weighted by Crippen LogP contribution is -1.99. The van der Waals surface area contributed by atoms with Crippen molar-refractivity contribution >= 4 is 38.0 Å². The minimum absolute atomic E-state index is 0.765. The molecule has 0 saturated carbocycles. The van der Waals surface area contributed by atoms with Gasteiger partial charge in [0.25, 0.3) is 0 Å². The second-order valence-electron chi connectivity index (χ2n) is 5.53. The van der Waals surface area contributed by atoms with Crippen molar-refractivity contribution in [2.75, 3.05) is 12.8 Å². The predicted molar refractivity (Wildman–Crippen MR) is 121 cm³/mol. The monoisotopic (exact) mass is 378 g/mol. The SMILES string of the molecule is C=CC(=C)NC.CC.Nc1cc(-c2cc3ccccc3s2)c2[nH]ncc2c1. The van der Waals surface area contributed by atoms with E-state index in [2.05, 4.69) is 59.0 Å². The van der Waals surface area contributed by atoms with E-state index in [1.54, 1.807) is 17.4 Å². The number of hydrogen-bond acceptors (Lipinski definition) is 4. The number of anilines is 1. The van der Waals surface area contributed by atoms with Gasteiger partial charge in [0.15, 0.2) is 0 Å². The average molecular weight is 379 g/mol. The van der Waals surface area contributed by atoms with E-state index in [9.17, 15) is 0 Å². The number of nitrogens with zero attached hydrogens (tertiary/aromatic N) is 1. The quantitative estimate of drug-likeness (QED) is 0.304. The zero-order chi connectivity index (χ0) is 19.8. The van der Waals surface area contributed by atoms with Crippen LogP contribution in [0.4, 0.5) is 5.69 Å². The van der Waals surface area contributed by atoms with Crippen LogP contribution in [0.3, 0.4) is 0 Å². The van der Waals surface area contributed by atoms with Crippen molar-refractivity contribution in [1.82, 2.24) is 15.5 Å². The highest BCUT2D eigenvalue weighted by Crippen LogP contribution is 2.37. The fourth-order valence-corrected chi connectivity index (χ4v) is 3.58. The van der Waals surface area contributed by atoms with Crippen LogP contribution in [0.15, 0.2) is 73.6 Å². The number of likely N-dealkylation sites (N-methyl/N-ethyl adjacent to an activating group) is 1. The fourth-order valence-electron chi connectivity index (χ4n) is 2.49. The second-order valence-corrected chi connectivity index (χ2v) is 6.61. The summed E-state index contributed by atoms with van der Waals surface area (Å²) < 4.78 is 1.28. The number of benzene rings is 2. The van der Waals surface area contributed by atoms with Gasteiger partial charge in [0, 0.05) is 39.0 Å². The molecule has 140 valence electrons. The molecule has 0 fully saturated rings. The van der Waals surface area contributed by atoms with Crippen molar-refractivity contribution in [3.63, 3.8) is 0 Å². The summed E-state index contributed by atoms with van der Waals surface area (Å²) in [6.45, 7) is 11.0. The van der Waals surface area contributed by atoms with Crippen LogP contribution in [0.2, 0.25) is 0 Å². The third kappa shape index (κ3) is 4.77. The van der Waals surface area contributed by atoms with Crippen LogP contribution in [-0.4, -0.2) is 17.2 Å². The molecule has 2 aromatic heterocycles. The van der Waals surface area contributed by atoms with Crippen LogP contribution in [-0.2, 0) is 0 Å². The van der Waals surface area contributed by atoms with E-state index in [1.165, 1.54) is 15.0 Å². The third-order valence-electron chi connectivity index (χ3n) is 3.83. The molecule has 0 radical (unpaired) electrons. The first-order valence-corrected chi connectivity index (χ1v) is 9.64. The Hall–Kier alpha value is -3.05. The summed E-state index contributed by atoms with van der Waals surface area (Å²) in [4.78, 5) is 1.21. The Morgan fingerprint density at radius 2 is 1.93 bits per heavy atom. The molecule has 0 atom stereocenters. The molecular weight excluding hydrogens is 352 g/mol. The van der Waals surface area contributed by atoms with Crippen molar-refractivity contribution in [3.8, 4) is 10.4 Å². The molecule has 0 amide bonds. The summed E-state index contributed by atoms with van der Waals surface area (Å²) in [5.74, 6) is 0. The number of aromatic amines is 1. The number of hydrogen-bond donors (Lipinski definition) is 3. The molecule has 27 heavy (non-hydrogen) atoms. The van der Waals surface area contributed by atoms with Gasteiger partial charge in [-0.1, -0.05) is 45.2 Å². The van der Waals surface area contributed by atoms with E-state index in [1.807, 2.05) is 39.2 Å². The summed E-state index contributed by atoms with van der Waals surface area (Å²) in [5, 5.41) is 12.3. The molecule has 0 saturated heterocycles. The number of nitrogen functional groups attached to an aromatic ring is 1. The highest BCUT2D eigenvalue weighted by molar-refractivity contribution is 7.22. The topological polar surface area (TPSA) is 66.7 Å². The molecule has 0 aliphatic rings. The number of allylic oxidation sites excluding steroid dienone is 1. The number of fused-ring (bicyclic) bond motifs is 2. The lowest BCUT2D eigenvalue weighted by Gasteiger charge is -2.01. The van der Waals surface area contributed by atoms with E-state index < -0.39 is 0 Å². The van der Waals surface area contributed by atoms with Crippen molar-refractivity contribution in [1.29, 1.82) is 0 Å². The van der Waals surface area contributed by atoms with Gasteiger partial charge >= 0.3 is 0 Å². The third-order valence-corrected chi connectivity index (χ3v) is 4.98. The molecule has 2 aromatic carbocycles. The summed E-state index contributed by atoms with van der Waals surface area (Å²) in [5.41, 5.74) is 9.76. The van der Waals surface area contributed by atoms with Crippen molar-refractivity contribution in [2.45, 2.75) is 13.8 Å². The van der Waals surface area contributed by atoms with Gasteiger partial charge in [-0.25, -0.2) is 0 Å². The first-order valence-electron chi connectivity index (χ1n) is 8.83. The minimum atomic E-state index is 0.765. The summed E-state index contributed by atoms with van der Waals surface area (Å²) in [7, 11) is 1.81. The van der Waals surface area contributed by atoms with Crippen LogP contribution >= 0.6 is 11.3 Å². The molecule has 0 unspecified atom stereocenters. The van der Waals surface area contributed by atoms with Gasteiger partial charge in [-0.05, 0) is 35.7 Å². The number of H-pyrrole nitrogens is 1. The van der Waals surface area contributed by atoms with E-state index in [0.29, 0.717) is 0 Å². The Kier molecular flexibility index (Phi) is 7.20. The van der Waals surface area contributed by atoms with E-state index in [4.69, 9.17) is 5.73 Å². The predicted octanol–water partition coefficient (Wildman–Crippen LogP) is 5.96. The first-order chi connectivity index (χ1) is 13.1. The summed E-state index contributed by atoms with van der Waals surface area (Å²) >= 11 is 1.77. The second kappa shape index (κ2) is 9.59.